The zero-order valence-electron chi connectivity index (χ0n) is 9.33. The van der Waals surface area contributed by atoms with Crippen LogP contribution in [0.3, 0.4) is 0 Å². The average molecular weight is 229 g/mol. The van der Waals surface area contributed by atoms with Crippen LogP contribution in [0.15, 0.2) is 0 Å². The van der Waals surface area contributed by atoms with Gasteiger partial charge < -0.3 is 21.1 Å². The van der Waals surface area contributed by atoms with E-state index in [2.05, 4.69) is 10.6 Å². The summed E-state index contributed by atoms with van der Waals surface area (Å²) in [5.74, 6) is -0.387. The fraction of sp³-hybridized carbons (Fsp3) is 0.800. The van der Waals surface area contributed by atoms with E-state index in [1.807, 2.05) is 0 Å². The minimum Gasteiger partial charge on any atom is -0.370 e. The molecule has 1 saturated heterocycles. The van der Waals surface area contributed by atoms with E-state index in [1.54, 1.807) is 0 Å². The van der Waals surface area contributed by atoms with Gasteiger partial charge in [0.15, 0.2) is 0 Å². The molecular formula is C10H19N3O3. The second-order valence-corrected chi connectivity index (χ2v) is 3.85. The number of piperidine rings is 1. The first-order chi connectivity index (χ1) is 7.70. The van der Waals surface area contributed by atoms with Gasteiger partial charge in [0.2, 0.25) is 11.8 Å². The lowest BCUT2D eigenvalue weighted by Gasteiger charge is -2.21. The molecule has 1 aliphatic rings. The molecule has 16 heavy (non-hydrogen) atoms. The monoisotopic (exact) mass is 229 g/mol. The van der Waals surface area contributed by atoms with Crippen LogP contribution in [-0.4, -0.2) is 44.7 Å². The molecule has 0 bridgehead atoms. The van der Waals surface area contributed by atoms with E-state index in [0.29, 0.717) is 13.2 Å². The Bertz CT molecular complexity index is 239. The number of rotatable bonds is 6. The molecule has 1 fully saturated rings. The molecule has 0 aromatic carbocycles. The molecule has 0 spiro atoms. The van der Waals surface area contributed by atoms with Gasteiger partial charge in [-0.3, -0.25) is 9.59 Å². The highest BCUT2D eigenvalue weighted by Gasteiger charge is 2.19. The van der Waals surface area contributed by atoms with Crippen molar-refractivity contribution < 1.29 is 14.3 Å². The fourth-order valence-electron chi connectivity index (χ4n) is 1.64. The van der Waals surface area contributed by atoms with Crippen LogP contribution in [0, 0.1) is 5.92 Å². The predicted molar refractivity (Wildman–Crippen MR) is 58.6 cm³/mol. The maximum Gasteiger partial charge on any atom is 0.243 e. The van der Waals surface area contributed by atoms with Crippen LogP contribution < -0.4 is 16.4 Å². The van der Waals surface area contributed by atoms with Crippen molar-refractivity contribution in [2.24, 2.45) is 11.7 Å². The van der Waals surface area contributed by atoms with Crippen LogP contribution in [0.5, 0.6) is 0 Å². The Labute approximate surface area is 94.9 Å². The van der Waals surface area contributed by atoms with Crippen molar-refractivity contribution in [1.29, 1.82) is 0 Å². The van der Waals surface area contributed by atoms with Crippen LogP contribution in [0.25, 0.3) is 0 Å². The molecule has 6 nitrogen and oxygen atoms in total. The van der Waals surface area contributed by atoms with Gasteiger partial charge in [0.1, 0.15) is 6.61 Å². The van der Waals surface area contributed by atoms with Crippen LogP contribution in [0.1, 0.15) is 12.8 Å². The van der Waals surface area contributed by atoms with Gasteiger partial charge in [-0.15, -0.1) is 0 Å². The highest BCUT2D eigenvalue weighted by Crippen LogP contribution is 2.09. The first-order valence-corrected chi connectivity index (χ1v) is 5.54. The van der Waals surface area contributed by atoms with Gasteiger partial charge >= 0.3 is 0 Å². The van der Waals surface area contributed by atoms with E-state index in [-0.39, 0.29) is 18.4 Å². The number of amides is 2. The first-order valence-electron chi connectivity index (χ1n) is 5.54. The predicted octanol–water partition coefficient (Wildman–Crippen LogP) is -1.40. The number of hydrogen-bond acceptors (Lipinski definition) is 4. The molecule has 0 aliphatic carbocycles. The summed E-state index contributed by atoms with van der Waals surface area (Å²) in [6, 6.07) is 0. The van der Waals surface area contributed by atoms with Crippen LogP contribution in [0.2, 0.25) is 0 Å². The summed E-state index contributed by atoms with van der Waals surface area (Å²) in [6.07, 6.45) is 1.97. The van der Waals surface area contributed by atoms with Crippen molar-refractivity contribution in [3.63, 3.8) is 0 Å². The molecule has 1 atom stereocenters. The van der Waals surface area contributed by atoms with Gasteiger partial charge in [-0.25, -0.2) is 0 Å². The van der Waals surface area contributed by atoms with Crippen molar-refractivity contribution in [3.05, 3.63) is 0 Å². The number of nitrogens with two attached hydrogens (primary N) is 1. The second kappa shape index (κ2) is 7.19. The van der Waals surface area contributed by atoms with Gasteiger partial charge in [-0.2, -0.15) is 0 Å². The molecule has 0 radical (unpaired) electrons. The maximum atomic E-state index is 11.6. The summed E-state index contributed by atoms with van der Waals surface area (Å²) in [4.78, 5) is 21.9. The summed E-state index contributed by atoms with van der Waals surface area (Å²) in [6.45, 7) is 2.37. The summed E-state index contributed by atoms with van der Waals surface area (Å²) in [5.41, 5.74) is 4.89. The number of carbonyl (C=O) groups excluding carboxylic acids is 2. The average Bonchev–Trinajstić information content (AvgIpc) is 2.29. The van der Waals surface area contributed by atoms with Gasteiger partial charge in [0, 0.05) is 13.1 Å². The standard InChI is InChI=1S/C10H19N3O3/c11-9(14)7-16-5-4-13-10(15)8-2-1-3-12-6-8/h8,12H,1-7H2,(H2,11,14)(H,13,15)/t8-/m1/s1. The topological polar surface area (TPSA) is 93.5 Å². The molecule has 0 unspecified atom stereocenters. The summed E-state index contributed by atoms with van der Waals surface area (Å²) in [7, 11) is 0. The normalized spacial score (nSPS) is 20.4. The zero-order valence-corrected chi connectivity index (χ0v) is 9.33. The molecule has 0 aromatic heterocycles. The number of primary amides is 1. The minimum absolute atomic E-state index is 0.0508. The van der Waals surface area contributed by atoms with E-state index >= 15 is 0 Å². The SMILES string of the molecule is NC(=O)COCCNC(=O)[C@@H]1CCCNC1. The lowest BCUT2D eigenvalue weighted by Crippen LogP contribution is -2.41. The molecule has 1 heterocycles. The van der Waals surface area contributed by atoms with Gasteiger partial charge in [-0.05, 0) is 19.4 Å². The fourth-order valence-corrected chi connectivity index (χ4v) is 1.64. The third kappa shape index (κ3) is 5.09. The number of ether oxygens (including phenoxy) is 1. The molecule has 92 valence electrons. The van der Waals surface area contributed by atoms with Crippen molar-refractivity contribution in [1.82, 2.24) is 10.6 Å². The van der Waals surface area contributed by atoms with E-state index in [4.69, 9.17) is 10.5 Å². The van der Waals surface area contributed by atoms with E-state index in [0.717, 1.165) is 25.9 Å². The highest BCUT2D eigenvalue weighted by molar-refractivity contribution is 5.79. The van der Waals surface area contributed by atoms with Gasteiger partial charge in [0.25, 0.3) is 0 Å². The molecule has 4 N–H and O–H groups in total. The van der Waals surface area contributed by atoms with Crippen molar-refractivity contribution in [3.8, 4) is 0 Å². The maximum absolute atomic E-state index is 11.6. The third-order valence-electron chi connectivity index (χ3n) is 2.46. The number of nitrogens with one attached hydrogen (secondary N) is 2. The Balaban J connectivity index is 2.03. The summed E-state index contributed by atoms with van der Waals surface area (Å²) >= 11 is 0. The second-order valence-electron chi connectivity index (χ2n) is 3.85. The quantitative estimate of drug-likeness (QED) is 0.488. The van der Waals surface area contributed by atoms with Crippen LogP contribution in [-0.2, 0) is 14.3 Å². The molecule has 0 saturated carbocycles. The Kier molecular flexibility index (Phi) is 5.81. The lowest BCUT2D eigenvalue weighted by molar-refractivity contribution is -0.125. The van der Waals surface area contributed by atoms with Crippen LogP contribution in [0.4, 0.5) is 0 Å². The van der Waals surface area contributed by atoms with Crippen molar-refractivity contribution >= 4 is 11.8 Å². The van der Waals surface area contributed by atoms with E-state index in [9.17, 15) is 9.59 Å². The third-order valence-corrected chi connectivity index (χ3v) is 2.46. The Morgan fingerprint density at radius 3 is 2.94 bits per heavy atom. The largest absolute Gasteiger partial charge is 0.370 e. The lowest BCUT2D eigenvalue weighted by atomic mass is 9.99. The van der Waals surface area contributed by atoms with Crippen molar-refractivity contribution in [2.75, 3.05) is 32.8 Å². The van der Waals surface area contributed by atoms with E-state index in [1.165, 1.54) is 0 Å². The van der Waals surface area contributed by atoms with E-state index < -0.39 is 5.91 Å². The molecular weight excluding hydrogens is 210 g/mol. The smallest absolute Gasteiger partial charge is 0.243 e. The Morgan fingerprint density at radius 1 is 1.50 bits per heavy atom. The Hall–Kier alpha value is -1.14. The number of hydrogen-bond donors (Lipinski definition) is 3. The molecule has 6 heteroatoms. The summed E-state index contributed by atoms with van der Waals surface area (Å²) in [5, 5.41) is 5.95. The minimum atomic E-state index is -0.497. The molecule has 1 rings (SSSR count). The molecule has 2 amide bonds. The highest BCUT2D eigenvalue weighted by atomic mass is 16.5. The zero-order chi connectivity index (χ0) is 11.8. The number of carbonyl (C=O) groups is 2. The van der Waals surface area contributed by atoms with Crippen LogP contribution >= 0.6 is 0 Å². The summed E-state index contributed by atoms with van der Waals surface area (Å²) < 4.78 is 4.93. The first kappa shape index (κ1) is 12.9. The molecule has 1 aliphatic heterocycles. The van der Waals surface area contributed by atoms with Crippen molar-refractivity contribution in [2.45, 2.75) is 12.8 Å². The Morgan fingerprint density at radius 2 is 2.31 bits per heavy atom. The van der Waals surface area contributed by atoms with Gasteiger partial charge in [-0.1, -0.05) is 0 Å². The molecule has 0 aromatic rings. The van der Waals surface area contributed by atoms with Gasteiger partial charge in [0.05, 0.1) is 12.5 Å².